The van der Waals surface area contributed by atoms with Crippen LogP contribution in [0.3, 0.4) is 0 Å². The van der Waals surface area contributed by atoms with Gasteiger partial charge in [0.2, 0.25) is 5.91 Å². The number of amides is 1. The highest BCUT2D eigenvalue weighted by molar-refractivity contribution is 6.06. The third-order valence-corrected chi connectivity index (χ3v) is 3.46. The zero-order valence-corrected chi connectivity index (χ0v) is 9.46. The average Bonchev–Trinajstić information content (AvgIpc) is 2.46. The Balaban J connectivity index is 1.96. The van der Waals surface area contributed by atoms with Gasteiger partial charge in [-0.25, -0.2) is 0 Å². The van der Waals surface area contributed by atoms with Crippen molar-refractivity contribution >= 4 is 11.7 Å². The molecule has 3 heteroatoms. The molecule has 1 aliphatic heterocycles. The predicted molar refractivity (Wildman–Crippen MR) is 60.8 cm³/mol. The molecule has 84 valence electrons. The van der Waals surface area contributed by atoms with E-state index in [0.29, 0.717) is 5.92 Å². The summed E-state index contributed by atoms with van der Waals surface area (Å²) in [6.45, 7) is 1.87. The van der Waals surface area contributed by atoms with Gasteiger partial charge >= 0.3 is 0 Å². The van der Waals surface area contributed by atoms with E-state index in [1.807, 2.05) is 6.92 Å². The molecule has 2 rings (SSSR count). The van der Waals surface area contributed by atoms with Crippen LogP contribution in [0.2, 0.25) is 0 Å². The number of hydrogen-bond donors (Lipinski definition) is 1. The van der Waals surface area contributed by atoms with Gasteiger partial charge in [0.05, 0.1) is 0 Å². The van der Waals surface area contributed by atoms with Gasteiger partial charge in [-0.2, -0.15) is 0 Å². The zero-order valence-electron chi connectivity index (χ0n) is 9.46. The molecule has 1 unspecified atom stereocenters. The van der Waals surface area contributed by atoms with Crippen molar-refractivity contribution in [3.05, 3.63) is 0 Å². The summed E-state index contributed by atoms with van der Waals surface area (Å²) >= 11 is 0. The normalized spacial score (nSPS) is 29.3. The van der Waals surface area contributed by atoms with Crippen molar-refractivity contribution in [2.45, 2.75) is 57.9 Å². The molecular formula is C12H20N2O. The fourth-order valence-electron chi connectivity index (χ4n) is 2.47. The van der Waals surface area contributed by atoms with Crippen LogP contribution in [-0.4, -0.2) is 17.8 Å². The lowest BCUT2D eigenvalue weighted by molar-refractivity contribution is -0.119. The van der Waals surface area contributed by atoms with E-state index in [1.54, 1.807) is 0 Å². The van der Waals surface area contributed by atoms with Crippen molar-refractivity contribution in [1.82, 2.24) is 5.32 Å². The Morgan fingerprint density at radius 2 is 1.73 bits per heavy atom. The fourth-order valence-corrected chi connectivity index (χ4v) is 2.47. The monoisotopic (exact) mass is 208 g/mol. The van der Waals surface area contributed by atoms with Crippen LogP contribution in [0.25, 0.3) is 0 Å². The first kappa shape index (κ1) is 10.7. The third-order valence-electron chi connectivity index (χ3n) is 3.46. The summed E-state index contributed by atoms with van der Waals surface area (Å²) in [6.07, 6.45) is 9.03. The van der Waals surface area contributed by atoms with Gasteiger partial charge in [-0.15, -0.1) is 0 Å². The number of hydrogen-bond acceptors (Lipinski definition) is 2. The zero-order chi connectivity index (χ0) is 10.7. The number of carbonyl (C=O) groups excluding carboxylic acids is 1. The minimum atomic E-state index is -0.162. The van der Waals surface area contributed by atoms with E-state index < -0.39 is 0 Å². The summed E-state index contributed by atoms with van der Waals surface area (Å²) in [4.78, 5) is 15.8. The number of amidine groups is 1. The maximum Gasteiger partial charge on any atom is 0.249 e. The summed E-state index contributed by atoms with van der Waals surface area (Å²) in [7, 11) is 0. The van der Waals surface area contributed by atoms with Crippen LogP contribution in [0.4, 0.5) is 0 Å². The van der Waals surface area contributed by atoms with Crippen LogP contribution in [-0.2, 0) is 4.79 Å². The van der Waals surface area contributed by atoms with Crippen molar-refractivity contribution in [1.29, 1.82) is 0 Å². The van der Waals surface area contributed by atoms with Crippen LogP contribution < -0.4 is 5.32 Å². The van der Waals surface area contributed by atoms with Crippen molar-refractivity contribution in [3.63, 3.8) is 0 Å². The molecule has 0 aromatic heterocycles. The number of aliphatic imine (C=N–C) groups is 1. The molecule has 1 saturated carbocycles. The Labute approximate surface area is 91.3 Å². The highest BCUT2D eigenvalue weighted by Gasteiger charge is 2.27. The first-order valence-electron chi connectivity index (χ1n) is 6.16. The second-order valence-electron chi connectivity index (χ2n) is 4.72. The number of nitrogens with zero attached hydrogens (tertiary/aromatic N) is 1. The van der Waals surface area contributed by atoms with E-state index in [4.69, 9.17) is 0 Å². The Bertz CT molecular complexity index is 265. The van der Waals surface area contributed by atoms with E-state index in [1.165, 1.54) is 44.9 Å². The molecule has 0 aromatic carbocycles. The number of nitrogens with one attached hydrogen (secondary N) is 1. The maximum atomic E-state index is 11.4. The highest BCUT2D eigenvalue weighted by atomic mass is 16.2. The molecule has 15 heavy (non-hydrogen) atoms. The van der Waals surface area contributed by atoms with Gasteiger partial charge in [0, 0.05) is 5.92 Å². The Kier molecular flexibility index (Phi) is 3.39. The first-order chi connectivity index (χ1) is 7.27. The van der Waals surface area contributed by atoms with E-state index in [-0.39, 0.29) is 11.9 Å². The molecule has 1 fully saturated rings. The Morgan fingerprint density at radius 3 is 2.27 bits per heavy atom. The second-order valence-corrected chi connectivity index (χ2v) is 4.72. The summed E-state index contributed by atoms with van der Waals surface area (Å²) in [5, 5.41) is 2.93. The quantitative estimate of drug-likeness (QED) is 0.705. The standard InChI is InChI=1S/C12H20N2O/c1-9-12(15)14-11(13-9)10-7-5-3-2-4-6-8-10/h9-10H,2-8H2,1H3,(H,13,14,15). The molecule has 0 spiro atoms. The van der Waals surface area contributed by atoms with Crippen LogP contribution in [0.1, 0.15) is 51.9 Å². The van der Waals surface area contributed by atoms with Crippen LogP contribution in [0.5, 0.6) is 0 Å². The maximum absolute atomic E-state index is 11.4. The smallest absolute Gasteiger partial charge is 0.249 e. The molecular weight excluding hydrogens is 188 g/mol. The van der Waals surface area contributed by atoms with E-state index in [0.717, 1.165) is 5.84 Å². The lowest BCUT2D eigenvalue weighted by Gasteiger charge is -2.19. The molecule has 1 heterocycles. The summed E-state index contributed by atoms with van der Waals surface area (Å²) in [6, 6.07) is -0.162. The molecule has 0 aromatic rings. The molecule has 0 radical (unpaired) electrons. The topological polar surface area (TPSA) is 41.5 Å². The van der Waals surface area contributed by atoms with Gasteiger partial charge in [0.1, 0.15) is 11.9 Å². The molecule has 1 amide bonds. The molecule has 1 N–H and O–H groups in total. The van der Waals surface area contributed by atoms with Gasteiger partial charge in [-0.3, -0.25) is 9.79 Å². The van der Waals surface area contributed by atoms with Gasteiger partial charge in [0.15, 0.2) is 0 Å². The molecule has 3 nitrogen and oxygen atoms in total. The summed E-state index contributed by atoms with van der Waals surface area (Å²) in [5.74, 6) is 1.56. The lowest BCUT2D eigenvalue weighted by atomic mass is 9.90. The molecule has 1 aliphatic carbocycles. The van der Waals surface area contributed by atoms with Crippen LogP contribution >= 0.6 is 0 Å². The van der Waals surface area contributed by atoms with E-state index >= 15 is 0 Å². The van der Waals surface area contributed by atoms with Crippen molar-refractivity contribution in [2.24, 2.45) is 10.9 Å². The minimum Gasteiger partial charge on any atom is -0.312 e. The van der Waals surface area contributed by atoms with E-state index in [9.17, 15) is 4.79 Å². The van der Waals surface area contributed by atoms with E-state index in [2.05, 4.69) is 10.3 Å². The van der Waals surface area contributed by atoms with Gasteiger partial charge in [0.25, 0.3) is 0 Å². The van der Waals surface area contributed by atoms with Gasteiger partial charge in [-0.1, -0.05) is 32.1 Å². The first-order valence-corrected chi connectivity index (χ1v) is 6.16. The van der Waals surface area contributed by atoms with Crippen LogP contribution in [0, 0.1) is 5.92 Å². The average molecular weight is 208 g/mol. The van der Waals surface area contributed by atoms with Crippen molar-refractivity contribution in [3.8, 4) is 0 Å². The number of carbonyl (C=O) groups is 1. The van der Waals surface area contributed by atoms with Gasteiger partial charge in [-0.05, 0) is 19.8 Å². The molecule has 2 aliphatic rings. The SMILES string of the molecule is CC1N=C(C2CCCCCCC2)NC1=O. The minimum absolute atomic E-state index is 0.0760. The largest absolute Gasteiger partial charge is 0.312 e. The Morgan fingerprint density at radius 1 is 1.13 bits per heavy atom. The second kappa shape index (κ2) is 4.77. The molecule has 1 atom stereocenters. The molecule has 0 bridgehead atoms. The van der Waals surface area contributed by atoms with Gasteiger partial charge < -0.3 is 5.32 Å². The fraction of sp³-hybridized carbons (Fsp3) is 0.833. The predicted octanol–water partition coefficient (Wildman–Crippen LogP) is 2.26. The van der Waals surface area contributed by atoms with Crippen LogP contribution in [0.15, 0.2) is 4.99 Å². The third kappa shape index (κ3) is 2.58. The number of rotatable bonds is 1. The van der Waals surface area contributed by atoms with Crippen molar-refractivity contribution in [2.75, 3.05) is 0 Å². The summed E-state index contributed by atoms with van der Waals surface area (Å²) < 4.78 is 0. The molecule has 0 saturated heterocycles. The Hall–Kier alpha value is -0.860. The lowest BCUT2D eigenvalue weighted by Crippen LogP contribution is -2.32. The summed E-state index contributed by atoms with van der Waals surface area (Å²) in [5.41, 5.74) is 0. The van der Waals surface area contributed by atoms with Crippen molar-refractivity contribution < 1.29 is 4.79 Å². The highest BCUT2D eigenvalue weighted by Crippen LogP contribution is 2.24.